The molecule has 2 aliphatic heterocycles. The number of aromatic nitrogens is 2. The number of H-pyrrole nitrogens is 1. The first kappa shape index (κ1) is 20.2. The lowest BCUT2D eigenvalue weighted by molar-refractivity contribution is -0.126. The molecular formula is C17H29N5O4S. The molecular weight excluding hydrogens is 370 g/mol. The molecule has 0 radical (unpaired) electrons. The molecule has 0 bridgehead atoms. The van der Waals surface area contributed by atoms with Gasteiger partial charge in [-0.25, -0.2) is 8.42 Å². The molecule has 9 nitrogen and oxygen atoms in total. The number of sulfonamides is 1. The molecule has 2 saturated heterocycles. The predicted octanol–water partition coefficient (Wildman–Crippen LogP) is -0.124. The average Bonchev–Trinajstić information content (AvgIpc) is 3.01. The first-order valence-electron chi connectivity index (χ1n) is 9.49. The Morgan fingerprint density at radius 1 is 1.22 bits per heavy atom. The molecule has 0 unspecified atom stereocenters. The number of hydrogen-bond donors (Lipinski definition) is 2. The monoisotopic (exact) mass is 399 g/mol. The summed E-state index contributed by atoms with van der Waals surface area (Å²) in [4.78, 5) is 14.9. The zero-order chi connectivity index (χ0) is 19.4. The first-order valence-corrected chi connectivity index (χ1v) is 10.9. The van der Waals surface area contributed by atoms with E-state index in [0.29, 0.717) is 43.9 Å². The molecule has 10 heteroatoms. The summed E-state index contributed by atoms with van der Waals surface area (Å²) >= 11 is 0. The molecule has 0 aliphatic carbocycles. The minimum atomic E-state index is -3.57. The number of morpholine rings is 1. The molecule has 0 saturated carbocycles. The van der Waals surface area contributed by atoms with Crippen molar-refractivity contribution in [2.24, 2.45) is 5.92 Å². The quantitative estimate of drug-likeness (QED) is 0.690. The van der Waals surface area contributed by atoms with E-state index in [1.165, 1.54) is 4.31 Å². The van der Waals surface area contributed by atoms with Crippen molar-refractivity contribution in [3.63, 3.8) is 0 Å². The van der Waals surface area contributed by atoms with Crippen molar-refractivity contribution < 1.29 is 17.9 Å². The van der Waals surface area contributed by atoms with Gasteiger partial charge >= 0.3 is 0 Å². The van der Waals surface area contributed by atoms with Gasteiger partial charge in [-0.15, -0.1) is 0 Å². The van der Waals surface area contributed by atoms with Crippen molar-refractivity contribution >= 4 is 15.9 Å². The van der Waals surface area contributed by atoms with Crippen LogP contribution in [0.3, 0.4) is 0 Å². The SMILES string of the molecule is Cc1n[nH]c(C)c1S(=O)(=O)N1CCC(C(=O)NCCN2CCOCC2)CC1. The number of aromatic amines is 1. The summed E-state index contributed by atoms with van der Waals surface area (Å²) in [6.07, 6.45) is 1.08. The summed E-state index contributed by atoms with van der Waals surface area (Å²) in [6, 6.07) is 0. The molecule has 1 aromatic rings. The second-order valence-corrected chi connectivity index (χ2v) is 9.06. The number of nitrogens with zero attached hydrogens (tertiary/aromatic N) is 3. The van der Waals surface area contributed by atoms with Crippen molar-refractivity contribution in [3.8, 4) is 0 Å². The Kier molecular flexibility index (Phi) is 6.51. The first-order chi connectivity index (χ1) is 12.9. The normalized spacial score (nSPS) is 20.7. The van der Waals surface area contributed by atoms with E-state index in [0.717, 1.165) is 32.8 Å². The fourth-order valence-corrected chi connectivity index (χ4v) is 5.52. The highest BCUT2D eigenvalue weighted by atomic mass is 32.2. The van der Waals surface area contributed by atoms with Gasteiger partial charge in [0, 0.05) is 45.2 Å². The maximum Gasteiger partial charge on any atom is 0.246 e. The fraction of sp³-hybridized carbons (Fsp3) is 0.765. The Balaban J connectivity index is 1.47. The zero-order valence-electron chi connectivity index (χ0n) is 16.0. The van der Waals surface area contributed by atoms with E-state index in [1.807, 2.05) is 0 Å². The summed E-state index contributed by atoms with van der Waals surface area (Å²) in [5.74, 6) is -0.108. The van der Waals surface area contributed by atoms with Crippen LogP contribution in [0.2, 0.25) is 0 Å². The van der Waals surface area contributed by atoms with Gasteiger partial charge in [0.1, 0.15) is 4.90 Å². The summed E-state index contributed by atoms with van der Waals surface area (Å²) in [6.45, 7) is 8.84. The van der Waals surface area contributed by atoms with E-state index in [-0.39, 0.29) is 16.7 Å². The lowest BCUT2D eigenvalue weighted by Gasteiger charge is -2.31. The second-order valence-electron chi connectivity index (χ2n) is 7.19. The maximum atomic E-state index is 12.9. The summed E-state index contributed by atoms with van der Waals surface area (Å²) in [7, 11) is -3.57. The second kappa shape index (κ2) is 8.68. The Labute approximate surface area is 160 Å². The summed E-state index contributed by atoms with van der Waals surface area (Å²) in [5, 5.41) is 9.71. The van der Waals surface area contributed by atoms with Gasteiger partial charge in [-0.3, -0.25) is 14.8 Å². The van der Waals surface area contributed by atoms with E-state index in [1.54, 1.807) is 13.8 Å². The number of nitrogens with one attached hydrogen (secondary N) is 2. The van der Waals surface area contributed by atoms with E-state index in [2.05, 4.69) is 20.4 Å². The van der Waals surface area contributed by atoms with Gasteiger partial charge in [0.05, 0.1) is 24.6 Å². The Morgan fingerprint density at radius 3 is 2.48 bits per heavy atom. The van der Waals surface area contributed by atoms with Gasteiger partial charge in [-0.2, -0.15) is 9.40 Å². The Bertz CT molecular complexity index is 730. The minimum absolute atomic E-state index is 0.0241. The van der Waals surface area contributed by atoms with E-state index in [4.69, 9.17) is 4.74 Å². The molecule has 0 atom stereocenters. The third kappa shape index (κ3) is 4.68. The van der Waals surface area contributed by atoms with Gasteiger partial charge in [-0.05, 0) is 26.7 Å². The number of carbonyl (C=O) groups excluding carboxylic acids is 1. The van der Waals surface area contributed by atoms with Crippen LogP contribution in [0, 0.1) is 19.8 Å². The smallest absolute Gasteiger partial charge is 0.246 e. The average molecular weight is 400 g/mol. The van der Waals surface area contributed by atoms with Crippen molar-refractivity contribution in [2.75, 3.05) is 52.5 Å². The molecule has 2 aliphatic rings. The molecule has 152 valence electrons. The standard InChI is InChI=1S/C17H29N5O4S/c1-13-16(14(2)20-19-13)27(24,25)22-6-3-15(4-7-22)17(23)18-5-8-21-9-11-26-12-10-21/h15H,3-12H2,1-2H3,(H,18,23)(H,19,20). The number of piperidine rings is 1. The topological polar surface area (TPSA) is 108 Å². The third-order valence-corrected chi connectivity index (χ3v) is 7.48. The number of rotatable bonds is 6. The van der Waals surface area contributed by atoms with Gasteiger partial charge < -0.3 is 10.1 Å². The number of ether oxygens (including phenoxy) is 1. The fourth-order valence-electron chi connectivity index (χ4n) is 3.71. The van der Waals surface area contributed by atoms with Gasteiger partial charge in [0.25, 0.3) is 0 Å². The third-order valence-electron chi connectivity index (χ3n) is 5.31. The van der Waals surface area contributed by atoms with Crippen molar-refractivity contribution in [1.29, 1.82) is 0 Å². The molecule has 0 aromatic carbocycles. The summed E-state index contributed by atoms with van der Waals surface area (Å²) in [5.41, 5.74) is 1.03. The van der Waals surface area contributed by atoms with Crippen LogP contribution in [0.15, 0.2) is 4.90 Å². The van der Waals surface area contributed by atoms with E-state index < -0.39 is 10.0 Å². The molecule has 27 heavy (non-hydrogen) atoms. The molecule has 2 fully saturated rings. The number of amides is 1. The van der Waals surface area contributed by atoms with E-state index >= 15 is 0 Å². The van der Waals surface area contributed by atoms with Crippen LogP contribution in [-0.4, -0.2) is 86.2 Å². The van der Waals surface area contributed by atoms with Crippen molar-refractivity contribution in [3.05, 3.63) is 11.4 Å². The molecule has 3 heterocycles. The van der Waals surface area contributed by atoms with Gasteiger partial charge in [-0.1, -0.05) is 0 Å². The largest absolute Gasteiger partial charge is 0.379 e. The van der Waals surface area contributed by atoms with Crippen LogP contribution >= 0.6 is 0 Å². The molecule has 1 amide bonds. The van der Waals surface area contributed by atoms with Gasteiger partial charge in [0.2, 0.25) is 15.9 Å². The molecule has 2 N–H and O–H groups in total. The van der Waals surface area contributed by atoms with Gasteiger partial charge in [0.15, 0.2) is 0 Å². The number of aryl methyl sites for hydroxylation is 2. The molecule has 1 aromatic heterocycles. The predicted molar refractivity (Wildman–Crippen MR) is 99.8 cm³/mol. The lowest BCUT2D eigenvalue weighted by atomic mass is 9.97. The number of hydrogen-bond acceptors (Lipinski definition) is 6. The molecule has 3 rings (SSSR count). The highest BCUT2D eigenvalue weighted by Gasteiger charge is 2.34. The van der Waals surface area contributed by atoms with Crippen molar-refractivity contribution in [1.82, 2.24) is 24.7 Å². The Hall–Kier alpha value is -1.49. The van der Waals surface area contributed by atoms with Crippen molar-refractivity contribution in [2.45, 2.75) is 31.6 Å². The minimum Gasteiger partial charge on any atom is -0.379 e. The number of carbonyl (C=O) groups is 1. The Morgan fingerprint density at radius 2 is 1.89 bits per heavy atom. The van der Waals surface area contributed by atoms with Crippen LogP contribution < -0.4 is 5.32 Å². The van der Waals surface area contributed by atoms with E-state index in [9.17, 15) is 13.2 Å². The van der Waals surface area contributed by atoms with Crippen LogP contribution in [0.4, 0.5) is 0 Å². The van der Waals surface area contributed by atoms with Crippen LogP contribution in [0.25, 0.3) is 0 Å². The lowest BCUT2D eigenvalue weighted by Crippen LogP contribution is -2.45. The highest BCUT2D eigenvalue weighted by Crippen LogP contribution is 2.26. The molecule has 0 spiro atoms. The van der Waals surface area contributed by atoms with Crippen LogP contribution in [0.5, 0.6) is 0 Å². The van der Waals surface area contributed by atoms with Crippen LogP contribution in [0.1, 0.15) is 24.2 Å². The van der Waals surface area contributed by atoms with Crippen LogP contribution in [-0.2, 0) is 19.6 Å². The maximum absolute atomic E-state index is 12.9. The summed E-state index contributed by atoms with van der Waals surface area (Å²) < 4.78 is 32.5. The zero-order valence-corrected chi connectivity index (χ0v) is 16.8. The highest BCUT2D eigenvalue weighted by molar-refractivity contribution is 7.89.